The third kappa shape index (κ3) is 8.45. The standard InChI is InChI=1S/C23H37N3O.2ClH/c1-18(22-7-5-12-24-16-22)14-23(27)25-15-20-8-10-21(11-9-20)17-26-13-4-3-6-19(26)2;;/h8-11,18-19,22,24H,3-7,12-17H2,1-2H3,(H,25,27);2*1H. The van der Waals surface area contributed by atoms with Crippen LogP contribution in [0.2, 0.25) is 0 Å². The minimum absolute atomic E-state index is 0. The van der Waals surface area contributed by atoms with Gasteiger partial charge in [0, 0.05) is 25.6 Å². The summed E-state index contributed by atoms with van der Waals surface area (Å²) >= 11 is 0. The molecule has 0 spiro atoms. The lowest BCUT2D eigenvalue weighted by atomic mass is 9.85. The lowest BCUT2D eigenvalue weighted by molar-refractivity contribution is -0.122. The van der Waals surface area contributed by atoms with Crippen LogP contribution in [0.15, 0.2) is 24.3 Å². The van der Waals surface area contributed by atoms with E-state index >= 15 is 0 Å². The van der Waals surface area contributed by atoms with Gasteiger partial charge in [-0.25, -0.2) is 0 Å². The summed E-state index contributed by atoms with van der Waals surface area (Å²) in [7, 11) is 0. The van der Waals surface area contributed by atoms with Crippen molar-refractivity contribution in [1.82, 2.24) is 15.5 Å². The van der Waals surface area contributed by atoms with Crippen molar-refractivity contribution in [3.63, 3.8) is 0 Å². The van der Waals surface area contributed by atoms with Crippen LogP contribution in [0.4, 0.5) is 0 Å². The van der Waals surface area contributed by atoms with E-state index in [1.165, 1.54) is 49.8 Å². The fourth-order valence-corrected chi connectivity index (χ4v) is 4.49. The second-order valence-electron chi connectivity index (χ2n) is 8.70. The maximum Gasteiger partial charge on any atom is 0.220 e. The first-order valence-corrected chi connectivity index (χ1v) is 10.9. The van der Waals surface area contributed by atoms with Crippen LogP contribution in [-0.4, -0.2) is 36.5 Å². The van der Waals surface area contributed by atoms with Gasteiger partial charge in [0.15, 0.2) is 0 Å². The number of halogens is 2. The molecule has 6 heteroatoms. The number of piperidine rings is 2. The number of amides is 1. The number of likely N-dealkylation sites (tertiary alicyclic amines) is 1. The molecule has 166 valence electrons. The van der Waals surface area contributed by atoms with Gasteiger partial charge in [-0.05, 0) is 75.2 Å². The fraction of sp³-hybridized carbons (Fsp3) is 0.696. The predicted octanol–water partition coefficient (Wildman–Crippen LogP) is 4.55. The van der Waals surface area contributed by atoms with Crippen LogP contribution in [0.3, 0.4) is 0 Å². The molecule has 0 bridgehead atoms. The molecule has 2 aliphatic heterocycles. The Kier molecular flexibility index (Phi) is 12.2. The monoisotopic (exact) mass is 443 g/mol. The molecule has 0 radical (unpaired) electrons. The number of hydrogen-bond acceptors (Lipinski definition) is 3. The third-order valence-corrected chi connectivity index (χ3v) is 6.49. The average molecular weight is 444 g/mol. The molecule has 1 amide bonds. The third-order valence-electron chi connectivity index (χ3n) is 6.49. The maximum absolute atomic E-state index is 12.3. The summed E-state index contributed by atoms with van der Waals surface area (Å²) in [5.74, 6) is 1.27. The van der Waals surface area contributed by atoms with Crippen LogP contribution in [0, 0.1) is 11.8 Å². The van der Waals surface area contributed by atoms with Crippen molar-refractivity contribution in [3.8, 4) is 0 Å². The summed E-state index contributed by atoms with van der Waals surface area (Å²) in [6.07, 6.45) is 7.13. The molecule has 2 N–H and O–H groups in total. The van der Waals surface area contributed by atoms with Gasteiger partial charge < -0.3 is 10.6 Å². The second-order valence-corrected chi connectivity index (χ2v) is 8.70. The van der Waals surface area contributed by atoms with E-state index in [1.54, 1.807) is 0 Å². The fourth-order valence-electron chi connectivity index (χ4n) is 4.49. The average Bonchev–Trinajstić information content (AvgIpc) is 2.70. The largest absolute Gasteiger partial charge is 0.352 e. The van der Waals surface area contributed by atoms with Crippen LogP contribution < -0.4 is 10.6 Å². The summed E-state index contributed by atoms with van der Waals surface area (Å²) in [4.78, 5) is 14.9. The Morgan fingerprint density at radius 1 is 1.14 bits per heavy atom. The van der Waals surface area contributed by atoms with Gasteiger partial charge in [0.2, 0.25) is 5.91 Å². The molecule has 0 aromatic heterocycles. The lowest BCUT2D eigenvalue weighted by Crippen LogP contribution is -2.36. The van der Waals surface area contributed by atoms with Crippen LogP contribution in [0.25, 0.3) is 0 Å². The zero-order chi connectivity index (χ0) is 19.1. The van der Waals surface area contributed by atoms with Crippen molar-refractivity contribution in [1.29, 1.82) is 0 Å². The summed E-state index contributed by atoms with van der Waals surface area (Å²) in [6, 6.07) is 9.47. The highest BCUT2D eigenvalue weighted by Crippen LogP contribution is 2.22. The molecule has 1 aromatic rings. The molecule has 2 saturated heterocycles. The van der Waals surface area contributed by atoms with Crippen molar-refractivity contribution >= 4 is 30.7 Å². The van der Waals surface area contributed by atoms with Gasteiger partial charge >= 0.3 is 0 Å². The van der Waals surface area contributed by atoms with E-state index in [0.29, 0.717) is 30.8 Å². The number of benzene rings is 1. The number of carbonyl (C=O) groups excluding carboxylic acids is 1. The van der Waals surface area contributed by atoms with E-state index in [0.717, 1.165) is 19.6 Å². The quantitative estimate of drug-likeness (QED) is 0.649. The zero-order valence-electron chi connectivity index (χ0n) is 18.0. The highest BCUT2D eigenvalue weighted by Gasteiger charge is 2.22. The molecule has 4 nitrogen and oxygen atoms in total. The Balaban J connectivity index is 0.00000210. The first-order valence-electron chi connectivity index (χ1n) is 10.9. The summed E-state index contributed by atoms with van der Waals surface area (Å²) < 4.78 is 0. The molecule has 29 heavy (non-hydrogen) atoms. The van der Waals surface area contributed by atoms with Gasteiger partial charge in [-0.15, -0.1) is 24.8 Å². The Morgan fingerprint density at radius 3 is 2.52 bits per heavy atom. The van der Waals surface area contributed by atoms with Crippen molar-refractivity contribution in [2.24, 2.45) is 11.8 Å². The van der Waals surface area contributed by atoms with E-state index in [1.807, 2.05) is 0 Å². The Bertz CT molecular complexity index is 590. The molecular formula is C23H39Cl2N3O. The Hall–Kier alpha value is -0.810. The second kappa shape index (κ2) is 13.5. The number of nitrogens with one attached hydrogen (secondary N) is 2. The topological polar surface area (TPSA) is 44.4 Å². The highest BCUT2D eigenvalue weighted by atomic mass is 35.5. The first-order chi connectivity index (χ1) is 13.1. The molecule has 2 fully saturated rings. The number of rotatable bonds is 7. The summed E-state index contributed by atoms with van der Waals surface area (Å²) in [6.45, 7) is 9.64. The highest BCUT2D eigenvalue weighted by molar-refractivity contribution is 5.85. The normalized spacial score (nSPS) is 23.4. The number of hydrogen-bond donors (Lipinski definition) is 2. The molecule has 1 aromatic carbocycles. The van der Waals surface area contributed by atoms with Gasteiger partial charge in [-0.2, -0.15) is 0 Å². The van der Waals surface area contributed by atoms with E-state index in [4.69, 9.17) is 0 Å². The van der Waals surface area contributed by atoms with Crippen LogP contribution in [-0.2, 0) is 17.9 Å². The van der Waals surface area contributed by atoms with Gasteiger partial charge in [0.05, 0.1) is 0 Å². The zero-order valence-corrected chi connectivity index (χ0v) is 19.6. The van der Waals surface area contributed by atoms with Crippen LogP contribution >= 0.6 is 24.8 Å². The summed E-state index contributed by atoms with van der Waals surface area (Å²) in [5.41, 5.74) is 2.56. The van der Waals surface area contributed by atoms with E-state index < -0.39 is 0 Å². The Labute approximate surface area is 189 Å². The molecule has 2 aliphatic rings. The number of nitrogens with zero attached hydrogens (tertiary/aromatic N) is 1. The van der Waals surface area contributed by atoms with E-state index in [2.05, 4.69) is 53.6 Å². The molecule has 3 atom stereocenters. The maximum atomic E-state index is 12.3. The minimum atomic E-state index is 0. The van der Waals surface area contributed by atoms with Gasteiger partial charge in [0.25, 0.3) is 0 Å². The minimum Gasteiger partial charge on any atom is -0.352 e. The Morgan fingerprint density at radius 2 is 1.86 bits per heavy atom. The van der Waals surface area contributed by atoms with Crippen molar-refractivity contribution in [2.75, 3.05) is 19.6 Å². The molecule has 0 aliphatic carbocycles. The lowest BCUT2D eigenvalue weighted by Gasteiger charge is -2.33. The van der Waals surface area contributed by atoms with Crippen LogP contribution in [0.5, 0.6) is 0 Å². The molecule has 2 heterocycles. The smallest absolute Gasteiger partial charge is 0.220 e. The molecule has 0 saturated carbocycles. The van der Waals surface area contributed by atoms with Gasteiger partial charge in [-0.1, -0.05) is 37.6 Å². The van der Waals surface area contributed by atoms with Crippen molar-refractivity contribution in [3.05, 3.63) is 35.4 Å². The molecule has 3 rings (SSSR count). The van der Waals surface area contributed by atoms with Gasteiger partial charge in [0.1, 0.15) is 0 Å². The van der Waals surface area contributed by atoms with Crippen molar-refractivity contribution in [2.45, 2.75) is 71.5 Å². The van der Waals surface area contributed by atoms with Gasteiger partial charge in [-0.3, -0.25) is 9.69 Å². The van der Waals surface area contributed by atoms with E-state index in [-0.39, 0.29) is 30.7 Å². The number of carbonyl (C=O) groups is 1. The molecular weight excluding hydrogens is 405 g/mol. The molecule has 3 unspecified atom stereocenters. The van der Waals surface area contributed by atoms with Crippen molar-refractivity contribution < 1.29 is 4.79 Å². The van der Waals surface area contributed by atoms with Crippen LogP contribution in [0.1, 0.15) is 63.5 Å². The first kappa shape index (κ1) is 26.2. The predicted molar refractivity (Wildman–Crippen MR) is 126 cm³/mol. The summed E-state index contributed by atoms with van der Waals surface area (Å²) in [5, 5.41) is 6.56. The SMILES string of the molecule is CC(CC(=O)NCc1ccc(CN2CCCCC2C)cc1)C1CCCNC1.Cl.Cl. The van der Waals surface area contributed by atoms with E-state index in [9.17, 15) is 4.79 Å².